The molecule has 1 aliphatic heterocycles. The van der Waals surface area contributed by atoms with Gasteiger partial charge in [0.25, 0.3) is 5.91 Å². The fourth-order valence-corrected chi connectivity index (χ4v) is 3.76. The molecule has 7 nitrogen and oxygen atoms in total. The Kier molecular flexibility index (Phi) is 7.88. The summed E-state index contributed by atoms with van der Waals surface area (Å²) < 4.78 is 23.2. The maximum absolute atomic E-state index is 13.1. The number of nitrogens with zero attached hydrogens (tertiary/aromatic N) is 1. The highest BCUT2D eigenvalue weighted by Gasteiger charge is 2.21. The molecule has 1 amide bonds. The zero-order valence-corrected chi connectivity index (χ0v) is 19.6. The molecule has 0 aliphatic carbocycles. The molecule has 4 rings (SSSR count). The zero-order chi connectivity index (χ0) is 23.8. The van der Waals surface area contributed by atoms with Crippen LogP contribution in [0.5, 0.6) is 23.0 Å². The first-order valence-electron chi connectivity index (χ1n) is 11.6. The van der Waals surface area contributed by atoms with Gasteiger partial charge in [0.15, 0.2) is 0 Å². The predicted octanol–water partition coefficient (Wildman–Crippen LogP) is 5.37. The average Bonchev–Trinajstić information content (AvgIpc) is 2.87. The first-order chi connectivity index (χ1) is 16.7. The lowest BCUT2D eigenvalue weighted by atomic mass is 10.1. The summed E-state index contributed by atoms with van der Waals surface area (Å²) in [5.41, 5.74) is 1.97. The number of para-hydroxylation sites is 1. The lowest BCUT2D eigenvalue weighted by molar-refractivity contribution is 0.102. The van der Waals surface area contributed by atoms with Gasteiger partial charge in [0.05, 0.1) is 37.8 Å². The van der Waals surface area contributed by atoms with Crippen molar-refractivity contribution in [3.63, 3.8) is 0 Å². The number of morpholine rings is 1. The van der Waals surface area contributed by atoms with Crippen molar-refractivity contribution < 1.29 is 23.7 Å². The maximum atomic E-state index is 13.1. The third-order valence-corrected chi connectivity index (χ3v) is 5.34. The minimum atomic E-state index is -0.263. The van der Waals surface area contributed by atoms with E-state index < -0.39 is 0 Å². The van der Waals surface area contributed by atoms with E-state index in [1.807, 2.05) is 62.4 Å². The fourth-order valence-electron chi connectivity index (χ4n) is 3.76. The number of amides is 1. The molecule has 3 aromatic carbocycles. The fraction of sp³-hybridized carbons (Fsp3) is 0.296. The summed E-state index contributed by atoms with van der Waals surface area (Å²) in [6.45, 7) is 7.70. The van der Waals surface area contributed by atoms with Crippen molar-refractivity contribution in [2.24, 2.45) is 0 Å². The van der Waals surface area contributed by atoms with Crippen LogP contribution < -0.4 is 24.4 Å². The molecule has 0 bridgehead atoms. The van der Waals surface area contributed by atoms with Gasteiger partial charge in [-0.25, -0.2) is 0 Å². The Balaban J connectivity index is 1.59. The third-order valence-electron chi connectivity index (χ3n) is 5.34. The van der Waals surface area contributed by atoms with Crippen LogP contribution in [0.2, 0.25) is 0 Å². The standard InChI is InChI=1S/C27H30N2O5/c1-3-32-25-19-24(29-13-15-31-16-14-29)26(33-4-2)18-23(25)28-27(30)20-9-8-12-22(17-20)34-21-10-6-5-7-11-21/h5-12,17-19H,3-4,13-16H2,1-2H3,(H,28,30). The maximum Gasteiger partial charge on any atom is 0.255 e. The summed E-state index contributed by atoms with van der Waals surface area (Å²) in [5, 5.41) is 2.99. The molecule has 0 saturated carbocycles. The van der Waals surface area contributed by atoms with Crippen LogP contribution in [0.15, 0.2) is 66.7 Å². The monoisotopic (exact) mass is 462 g/mol. The van der Waals surface area contributed by atoms with Crippen molar-refractivity contribution in [1.29, 1.82) is 0 Å². The Bertz CT molecular complexity index is 1100. The molecule has 7 heteroatoms. The molecule has 178 valence electrons. The van der Waals surface area contributed by atoms with Crippen molar-refractivity contribution in [1.82, 2.24) is 0 Å². The van der Waals surface area contributed by atoms with Gasteiger partial charge >= 0.3 is 0 Å². The summed E-state index contributed by atoms with van der Waals surface area (Å²) in [7, 11) is 0. The smallest absolute Gasteiger partial charge is 0.255 e. The number of hydrogen-bond donors (Lipinski definition) is 1. The number of rotatable bonds is 9. The van der Waals surface area contributed by atoms with E-state index in [2.05, 4.69) is 10.2 Å². The number of anilines is 2. The first-order valence-corrected chi connectivity index (χ1v) is 11.6. The minimum Gasteiger partial charge on any atom is -0.492 e. The molecule has 1 fully saturated rings. The number of nitrogens with one attached hydrogen (secondary N) is 1. The molecular weight excluding hydrogens is 432 g/mol. The lowest BCUT2D eigenvalue weighted by Crippen LogP contribution is -2.36. The highest BCUT2D eigenvalue weighted by Crippen LogP contribution is 2.39. The number of benzene rings is 3. The quantitative estimate of drug-likeness (QED) is 0.461. The van der Waals surface area contributed by atoms with Crippen LogP contribution in [0, 0.1) is 0 Å². The number of ether oxygens (including phenoxy) is 4. The van der Waals surface area contributed by atoms with Crippen LogP contribution in [0.25, 0.3) is 0 Å². The number of hydrogen-bond acceptors (Lipinski definition) is 6. The largest absolute Gasteiger partial charge is 0.492 e. The molecule has 0 aromatic heterocycles. The lowest BCUT2D eigenvalue weighted by Gasteiger charge is -2.31. The van der Waals surface area contributed by atoms with E-state index in [4.69, 9.17) is 18.9 Å². The average molecular weight is 463 g/mol. The van der Waals surface area contributed by atoms with E-state index in [9.17, 15) is 4.79 Å². The van der Waals surface area contributed by atoms with E-state index >= 15 is 0 Å². The van der Waals surface area contributed by atoms with Crippen LogP contribution in [0.3, 0.4) is 0 Å². The van der Waals surface area contributed by atoms with Crippen LogP contribution in [-0.4, -0.2) is 45.4 Å². The van der Waals surface area contributed by atoms with Crippen molar-refractivity contribution >= 4 is 17.3 Å². The summed E-state index contributed by atoms with van der Waals surface area (Å²) in [4.78, 5) is 15.4. The van der Waals surface area contributed by atoms with Crippen LogP contribution in [0.1, 0.15) is 24.2 Å². The molecule has 1 aliphatic rings. The second kappa shape index (κ2) is 11.4. The van der Waals surface area contributed by atoms with E-state index in [1.165, 1.54) is 0 Å². The molecule has 1 heterocycles. The minimum absolute atomic E-state index is 0.263. The summed E-state index contributed by atoms with van der Waals surface area (Å²) in [6, 6.07) is 20.3. The zero-order valence-electron chi connectivity index (χ0n) is 19.6. The molecule has 0 spiro atoms. The van der Waals surface area contributed by atoms with Crippen molar-refractivity contribution in [3.05, 3.63) is 72.3 Å². The molecule has 0 unspecified atom stereocenters. The van der Waals surface area contributed by atoms with E-state index in [1.54, 1.807) is 18.2 Å². The van der Waals surface area contributed by atoms with Crippen LogP contribution in [0.4, 0.5) is 11.4 Å². The Hall–Kier alpha value is -3.71. The van der Waals surface area contributed by atoms with Gasteiger partial charge in [-0.3, -0.25) is 4.79 Å². The van der Waals surface area contributed by atoms with Crippen LogP contribution in [-0.2, 0) is 4.74 Å². The van der Waals surface area contributed by atoms with Gasteiger partial charge in [0.2, 0.25) is 0 Å². The van der Waals surface area contributed by atoms with Gasteiger partial charge in [-0.1, -0.05) is 24.3 Å². The molecular formula is C27H30N2O5. The summed E-state index contributed by atoms with van der Waals surface area (Å²) in [5.74, 6) is 2.32. The third kappa shape index (κ3) is 5.80. The second-order valence-corrected chi connectivity index (χ2v) is 7.68. The second-order valence-electron chi connectivity index (χ2n) is 7.68. The van der Waals surface area contributed by atoms with E-state index in [-0.39, 0.29) is 5.91 Å². The predicted molar refractivity (Wildman–Crippen MR) is 133 cm³/mol. The Morgan fingerprint density at radius 3 is 2.32 bits per heavy atom. The van der Waals surface area contributed by atoms with Crippen molar-refractivity contribution in [2.75, 3.05) is 49.7 Å². The topological polar surface area (TPSA) is 69.3 Å². The highest BCUT2D eigenvalue weighted by molar-refractivity contribution is 6.05. The number of carbonyl (C=O) groups is 1. The highest BCUT2D eigenvalue weighted by atomic mass is 16.5. The molecule has 1 N–H and O–H groups in total. The molecule has 3 aromatic rings. The molecule has 34 heavy (non-hydrogen) atoms. The van der Waals surface area contributed by atoms with E-state index in [0.29, 0.717) is 60.7 Å². The van der Waals surface area contributed by atoms with Gasteiger partial charge < -0.3 is 29.2 Å². The van der Waals surface area contributed by atoms with E-state index in [0.717, 1.165) is 18.8 Å². The van der Waals surface area contributed by atoms with Gasteiger partial charge in [0.1, 0.15) is 23.0 Å². The van der Waals surface area contributed by atoms with Crippen molar-refractivity contribution in [3.8, 4) is 23.0 Å². The molecule has 0 atom stereocenters. The molecule has 1 saturated heterocycles. The first kappa shape index (κ1) is 23.4. The Labute approximate surface area is 200 Å². The SMILES string of the molecule is CCOc1cc(N2CCOCC2)c(OCC)cc1NC(=O)c1cccc(Oc2ccccc2)c1. The normalized spacial score (nSPS) is 13.3. The Morgan fingerprint density at radius 1 is 0.882 bits per heavy atom. The van der Waals surface area contributed by atoms with Crippen LogP contribution >= 0.6 is 0 Å². The summed E-state index contributed by atoms with van der Waals surface area (Å²) in [6.07, 6.45) is 0. The van der Waals surface area contributed by atoms with Gasteiger partial charge in [-0.05, 0) is 44.2 Å². The van der Waals surface area contributed by atoms with Gasteiger partial charge in [-0.2, -0.15) is 0 Å². The Morgan fingerprint density at radius 2 is 1.59 bits per heavy atom. The van der Waals surface area contributed by atoms with Gasteiger partial charge in [-0.15, -0.1) is 0 Å². The number of carbonyl (C=O) groups excluding carboxylic acids is 1. The van der Waals surface area contributed by atoms with Gasteiger partial charge in [0, 0.05) is 30.8 Å². The van der Waals surface area contributed by atoms with Crippen molar-refractivity contribution in [2.45, 2.75) is 13.8 Å². The summed E-state index contributed by atoms with van der Waals surface area (Å²) >= 11 is 0. The molecule has 0 radical (unpaired) electrons.